The minimum Gasteiger partial charge on any atom is -0.383 e. The summed E-state index contributed by atoms with van der Waals surface area (Å²) in [5.74, 6) is -4.86. The third kappa shape index (κ3) is 3.57. The topological polar surface area (TPSA) is 43.3 Å². The number of carbonyl (C=O) groups is 1. The second-order valence-corrected chi connectivity index (χ2v) is 5.81. The fourth-order valence-electron chi connectivity index (χ4n) is 2.83. The van der Waals surface area contributed by atoms with E-state index in [0.29, 0.717) is 13.2 Å². The molecule has 0 radical (unpaired) electrons. The smallest absolute Gasteiger partial charge is 0.228 e. The summed E-state index contributed by atoms with van der Waals surface area (Å²) in [4.78, 5) is 12.3. The van der Waals surface area contributed by atoms with Gasteiger partial charge in [0.05, 0.1) is 18.7 Å². The Morgan fingerprint density at radius 2 is 1.88 bits per heavy atom. The van der Waals surface area contributed by atoms with Crippen molar-refractivity contribution in [2.24, 2.45) is 0 Å². The lowest BCUT2D eigenvalue weighted by atomic mass is 10.1. The highest BCUT2D eigenvalue weighted by Crippen LogP contribution is 2.23. The molecule has 1 aromatic heterocycles. The number of methoxy groups -OCH3 is 1. The summed E-state index contributed by atoms with van der Waals surface area (Å²) in [6.07, 6.45) is 1.81. The maximum Gasteiger partial charge on any atom is 0.228 e. The molecule has 0 fully saturated rings. The molecule has 0 aliphatic carbocycles. The van der Waals surface area contributed by atoms with Crippen molar-refractivity contribution in [3.63, 3.8) is 0 Å². The lowest BCUT2D eigenvalue weighted by Gasteiger charge is -2.07. The zero-order valence-electron chi connectivity index (χ0n) is 14.1. The van der Waals surface area contributed by atoms with E-state index in [1.165, 1.54) is 0 Å². The molecular weight excluding hydrogens is 345 g/mol. The van der Waals surface area contributed by atoms with E-state index in [4.69, 9.17) is 4.74 Å². The Labute approximate surface area is 148 Å². The molecule has 0 bridgehead atoms. The number of rotatable bonds is 6. The lowest BCUT2D eigenvalue weighted by Crippen LogP contribution is -2.16. The Bertz CT molecular complexity index is 953. The van der Waals surface area contributed by atoms with Gasteiger partial charge in [0.1, 0.15) is 0 Å². The van der Waals surface area contributed by atoms with Crippen molar-refractivity contribution in [3.05, 3.63) is 65.6 Å². The second-order valence-electron chi connectivity index (χ2n) is 5.81. The maximum absolute atomic E-state index is 13.7. The van der Waals surface area contributed by atoms with Gasteiger partial charge in [-0.25, -0.2) is 13.2 Å². The normalized spacial score (nSPS) is 11.1. The van der Waals surface area contributed by atoms with Gasteiger partial charge < -0.3 is 14.6 Å². The van der Waals surface area contributed by atoms with E-state index in [0.717, 1.165) is 28.6 Å². The average molecular weight is 362 g/mol. The maximum atomic E-state index is 13.7. The first-order chi connectivity index (χ1) is 12.5. The number of halogens is 3. The van der Waals surface area contributed by atoms with E-state index in [2.05, 4.69) is 5.32 Å². The van der Waals surface area contributed by atoms with E-state index in [9.17, 15) is 18.0 Å². The monoisotopic (exact) mass is 362 g/mol. The molecule has 7 heteroatoms. The minimum absolute atomic E-state index is 0.0288. The van der Waals surface area contributed by atoms with Gasteiger partial charge in [-0.05, 0) is 23.8 Å². The van der Waals surface area contributed by atoms with E-state index in [-0.39, 0.29) is 6.42 Å². The summed E-state index contributed by atoms with van der Waals surface area (Å²) >= 11 is 0. The second kappa shape index (κ2) is 7.61. The van der Waals surface area contributed by atoms with Gasteiger partial charge in [0, 0.05) is 30.8 Å². The Balaban J connectivity index is 1.82. The molecule has 3 aromatic rings. The highest BCUT2D eigenvalue weighted by Gasteiger charge is 2.17. The third-order valence-electron chi connectivity index (χ3n) is 4.07. The summed E-state index contributed by atoms with van der Waals surface area (Å²) in [5.41, 5.74) is 1.31. The van der Waals surface area contributed by atoms with Gasteiger partial charge in [-0.2, -0.15) is 0 Å². The number of amides is 1. The number of fused-ring (bicyclic) bond motifs is 1. The summed E-state index contributed by atoms with van der Waals surface area (Å²) in [7, 11) is 1.61. The number of para-hydroxylation sites is 1. The van der Waals surface area contributed by atoms with Gasteiger partial charge in [-0.1, -0.05) is 18.2 Å². The number of nitrogens with zero attached hydrogens (tertiary/aromatic N) is 1. The quantitative estimate of drug-likeness (QED) is 0.676. The zero-order chi connectivity index (χ0) is 18.7. The van der Waals surface area contributed by atoms with Crippen molar-refractivity contribution in [2.75, 3.05) is 19.0 Å². The van der Waals surface area contributed by atoms with Gasteiger partial charge in [-0.3, -0.25) is 4.79 Å². The van der Waals surface area contributed by atoms with Gasteiger partial charge in [-0.15, -0.1) is 0 Å². The molecule has 0 saturated carbocycles. The fraction of sp³-hybridized carbons (Fsp3) is 0.211. The van der Waals surface area contributed by atoms with Crippen LogP contribution in [-0.2, 0) is 22.5 Å². The van der Waals surface area contributed by atoms with Crippen LogP contribution in [0.15, 0.2) is 42.6 Å². The molecule has 136 valence electrons. The average Bonchev–Trinajstić information content (AvgIpc) is 2.98. The van der Waals surface area contributed by atoms with Crippen LogP contribution in [0, 0.1) is 17.5 Å². The number of carbonyl (C=O) groups excluding carboxylic acids is 1. The Morgan fingerprint density at radius 1 is 1.12 bits per heavy atom. The molecule has 0 saturated heterocycles. The SMILES string of the molecule is COCCn1cc(CC(=O)Nc2ccc(F)c(F)c2F)c2ccccc21. The number of hydrogen-bond donors (Lipinski definition) is 1. The molecule has 0 aliphatic heterocycles. The van der Waals surface area contributed by atoms with Crippen LogP contribution in [0.25, 0.3) is 10.9 Å². The van der Waals surface area contributed by atoms with E-state index in [1.807, 2.05) is 35.0 Å². The molecule has 0 spiro atoms. The molecule has 0 aliphatic rings. The van der Waals surface area contributed by atoms with E-state index in [1.54, 1.807) is 7.11 Å². The first-order valence-corrected chi connectivity index (χ1v) is 8.00. The van der Waals surface area contributed by atoms with E-state index >= 15 is 0 Å². The molecule has 1 N–H and O–H groups in total. The van der Waals surface area contributed by atoms with Gasteiger partial charge in [0.15, 0.2) is 17.5 Å². The predicted molar refractivity (Wildman–Crippen MR) is 92.5 cm³/mol. The van der Waals surface area contributed by atoms with Crippen LogP contribution in [0.5, 0.6) is 0 Å². The van der Waals surface area contributed by atoms with Crippen molar-refractivity contribution in [3.8, 4) is 0 Å². The summed E-state index contributed by atoms with van der Waals surface area (Å²) < 4.78 is 47.0. The first-order valence-electron chi connectivity index (χ1n) is 8.00. The van der Waals surface area contributed by atoms with Crippen LogP contribution in [0.4, 0.5) is 18.9 Å². The van der Waals surface area contributed by atoms with Crippen molar-refractivity contribution < 1.29 is 22.7 Å². The molecular formula is C19H17F3N2O2. The van der Waals surface area contributed by atoms with Crippen LogP contribution >= 0.6 is 0 Å². The number of nitrogens with one attached hydrogen (secondary N) is 1. The Hall–Kier alpha value is -2.80. The van der Waals surface area contributed by atoms with Gasteiger partial charge in [0.25, 0.3) is 0 Å². The number of hydrogen-bond acceptors (Lipinski definition) is 2. The standard InChI is InChI=1S/C19H17F3N2O2/c1-26-9-8-24-11-12(13-4-2-3-5-16(13)24)10-17(25)23-15-7-6-14(20)18(21)19(15)22/h2-7,11H,8-10H2,1H3,(H,23,25). The highest BCUT2D eigenvalue weighted by atomic mass is 19.2. The summed E-state index contributed by atoms with van der Waals surface area (Å²) in [5, 5.41) is 3.18. The summed E-state index contributed by atoms with van der Waals surface area (Å²) in [6.45, 7) is 1.14. The fourth-order valence-corrected chi connectivity index (χ4v) is 2.83. The minimum atomic E-state index is -1.61. The van der Waals surface area contributed by atoms with Crippen molar-refractivity contribution in [1.82, 2.24) is 4.57 Å². The molecule has 2 aromatic carbocycles. The number of ether oxygens (including phenoxy) is 1. The molecule has 3 rings (SSSR count). The Kier molecular flexibility index (Phi) is 5.27. The molecule has 0 unspecified atom stereocenters. The van der Waals surface area contributed by atoms with E-state index < -0.39 is 29.0 Å². The lowest BCUT2D eigenvalue weighted by molar-refractivity contribution is -0.115. The van der Waals surface area contributed by atoms with Crippen LogP contribution in [0.1, 0.15) is 5.56 Å². The van der Waals surface area contributed by atoms with Gasteiger partial charge >= 0.3 is 0 Å². The number of anilines is 1. The molecule has 1 heterocycles. The molecule has 0 atom stereocenters. The van der Waals surface area contributed by atoms with Crippen LogP contribution in [-0.4, -0.2) is 24.2 Å². The highest BCUT2D eigenvalue weighted by molar-refractivity contribution is 5.96. The third-order valence-corrected chi connectivity index (χ3v) is 4.07. The zero-order valence-corrected chi connectivity index (χ0v) is 14.1. The van der Waals surface area contributed by atoms with Crippen molar-refractivity contribution >= 4 is 22.5 Å². The van der Waals surface area contributed by atoms with Gasteiger partial charge in [0.2, 0.25) is 5.91 Å². The van der Waals surface area contributed by atoms with Crippen molar-refractivity contribution in [2.45, 2.75) is 13.0 Å². The largest absolute Gasteiger partial charge is 0.383 e. The Morgan fingerprint density at radius 3 is 2.65 bits per heavy atom. The summed E-state index contributed by atoms with van der Waals surface area (Å²) in [6, 6.07) is 9.34. The molecule has 26 heavy (non-hydrogen) atoms. The van der Waals surface area contributed by atoms with Crippen LogP contribution in [0.2, 0.25) is 0 Å². The number of benzene rings is 2. The molecule has 4 nitrogen and oxygen atoms in total. The molecule has 1 amide bonds. The first kappa shape index (κ1) is 18.0. The predicted octanol–water partition coefficient (Wildman–Crippen LogP) is 3.89. The van der Waals surface area contributed by atoms with Crippen LogP contribution < -0.4 is 5.32 Å². The van der Waals surface area contributed by atoms with Crippen molar-refractivity contribution in [1.29, 1.82) is 0 Å². The van der Waals surface area contributed by atoms with Crippen LogP contribution in [0.3, 0.4) is 0 Å². The number of aromatic nitrogens is 1.